The van der Waals surface area contributed by atoms with Gasteiger partial charge in [-0.3, -0.25) is 9.59 Å². The maximum Gasteiger partial charge on any atom is 0.277 e. The summed E-state index contributed by atoms with van der Waals surface area (Å²) in [5.41, 5.74) is 0.693. The third-order valence-corrected chi connectivity index (χ3v) is 4.72. The van der Waals surface area contributed by atoms with E-state index >= 15 is 0 Å². The highest BCUT2D eigenvalue weighted by Gasteiger charge is 2.11. The van der Waals surface area contributed by atoms with Crippen LogP contribution >= 0.6 is 22.9 Å². The van der Waals surface area contributed by atoms with Gasteiger partial charge in [-0.05, 0) is 29.8 Å². The fourth-order valence-corrected chi connectivity index (χ4v) is 3.57. The third kappa shape index (κ3) is 2.34. The molecule has 112 valence electrons. The molecule has 6 heteroatoms. The number of rotatable bonds is 1. The molecule has 0 amide bonds. The van der Waals surface area contributed by atoms with E-state index in [1.807, 2.05) is 30.3 Å². The predicted molar refractivity (Wildman–Crippen MR) is 93.4 cm³/mol. The van der Waals surface area contributed by atoms with Crippen LogP contribution in [0.15, 0.2) is 58.1 Å². The maximum atomic E-state index is 12.6. The highest BCUT2D eigenvalue weighted by Crippen LogP contribution is 2.15. The first-order valence-corrected chi connectivity index (χ1v) is 8.04. The minimum Gasteiger partial charge on any atom is -0.268 e. The molecule has 0 aliphatic rings. The SMILES string of the molecule is O=c1/c(=C\c2ccccc2)sc2nc3ccc(Cl)cc3c(=O)n12. The summed E-state index contributed by atoms with van der Waals surface area (Å²) in [5, 5.41) is 0.784. The highest BCUT2D eigenvalue weighted by molar-refractivity contribution is 7.15. The average Bonchev–Trinajstić information content (AvgIpc) is 2.85. The Morgan fingerprint density at radius 1 is 1.04 bits per heavy atom. The van der Waals surface area contributed by atoms with Gasteiger partial charge in [-0.1, -0.05) is 53.3 Å². The van der Waals surface area contributed by atoms with Crippen molar-refractivity contribution in [3.05, 3.63) is 84.4 Å². The molecule has 0 aliphatic carbocycles. The third-order valence-electron chi connectivity index (χ3n) is 3.51. The van der Waals surface area contributed by atoms with Crippen molar-refractivity contribution in [3.8, 4) is 0 Å². The van der Waals surface area contributed by atoms with Crippen molar-refractivity contribution in [2.45, 2.75) is 0 Å². The molecule has 0 atom stereocenters. The molecule has 0 spiro atoms. The van der Waals surface area contributed by atoms with E-state index in [9.17, 15) is 9.59 Å². The van der Waals surface area contributed by atoms with Gasteiger partial charge in [0.1, 0.15) is 0 Å². The summed E-state index contributed by atoms with van der Waals surface area (Å²) in [5.74, 6) is 0. The number of thiazole rings is 1. The Kier molecular flexibility index (Phi) is 3.25. The molecule has 2 heterocycles. The van der Waals surface area contributed by atoms with E-state index in [2.05, 4.69) is 4.98 Å². The molecular formula is C17H9ClN2O2S. The van der Waals surface area contributed by atoms with Gasteiger partial charge in [0.15, 0.2) is 0 Å². The van der Waals surface area contributed by atoms with Crippen molar-refractivity contribution in [1.29, 1.82) is 0 Å². The number of aromatic nitrogens is 2. The lowest BCUT2D eigenvalue weighted by molar-refractivity contribution is 1.05. The minimum atomic E-state index is -0.388. The maximum absolute atomic E-state index is 12.6. The monoisotopic (exact) mass is 340 g/mol. The lowest BCUT2D eigenvalue weighted by Gasteiger charge is -1.97. The van der Waals surface area contributed by atoms with Crippen LogP contribution in [0.1, 0.15) is 5.56 Å². The van der Waals surface area contributed by atoms with E-state index in [-0.39, 0.29) is 11.1 Å². The van der Waals surface area contributed by atoms with E-state index in [0.717, 1.165) is 9.96 Å². The van der Waals surface area contributed by atoms with E-state index < -0.39 is 0 Å². The second-order valence-electron chi connectivity index (χ2n) is 5.02. The molecule has 0 saturated carbocycles. The number of benzene rings is 2. The van der Waals surface area contributed by atoms with E-state index in [1.54, 1.807) is 18.2 Å². The van der Waals surface area contributed by atoms with Gasteiger partial charge < -0.3 is 0 Å². The molecule has 2 aromatic heterocycles. The molecule has 0 saturated heterocycles. The number of fused-ring (bicyclic) bond motifs is 2. The van der Waals surface area contributed by atoms with Crippen molar-refractivity contribution in [1.82, 2.24) is 9.38 Å². The number of halogens is 1. The van der Waals surface area contributed by atoms with Crippen LogP contribution in [-0.2, 0) is 0 Å². The summed E-state index contributed by atoms with van der Waals surface area (Å²) < 4.78 is 1.58. The van der Waals surface area contributed by atoms with Crippen LogP contribution in [-0.4, -0.2) is 9.38 Å². The summed E-state index contributed by atoms with van der Waals surface area (Å²) in [6, 6.07) is 14.4. The van der Waals surface area contributed by atoms with Crippen molar-refractivity contribution in [3.63, 3.8) is 0 Å². The Morgan fingerprint density at radius 3 is 2.61 bits per heavy atom. The second kappa shape index (κ2) is 5.30. The Labute approximate surface area is 138 Å². The fourth-order valence-electron chi connectivity index (χ4n) is 2.43. The molecular weight excluding hydrogens is 332 g/mol. The number of nitrogens with zero attached hydrogens (tertiary/aromatic N) is 2. The van der Waals surface area contributed by atoms with Crippen molar-refractivity contribution < 1.29 is 0 Å². The summed E-state index contributed by atoms with van der Waals surface area (Å²) in [4.78, 5) is 29.9. The molecule has 0 aliphatic heterocycles. The lowest BCUT2D eigenvalue weighted by Crippen LogP contribution is -2.31. The smallest absolute Gasteiger partial charge is 0.268 e. The lowest BCUT2D eigenvalue weighted by atomic mass is 10.2. The zero-order valence-electron chi connectivity index (χ0n) is 11.7. The Morgan fingerprint density at radius 2 is 1.83 bits per heavy atom. The molecule has 0 fully saturated rings. The zero-order valence-corrected chi connectivity index (χ0v) is 13.3. The minimum absolute atomic E-state index is 0.344. The van der Waals surface area contributed by atoms with Gasteiger partial charge in [-0.2, -0.15) is 0 Å². The normalized spacial score (nSPS) is 12.3. The largest absolute Gasteiger partial charge is 0.277 e. The molecule has 0 N–H and O–H groups in total. The highest BCUT2D eigenvalue weighted by atomic mass is 35.5. The average molecular weight is 341 g/mol. The molecule has 2 aromatic carbocycles. The van der Waals surface area contributed by atoms with Crippen LogP contribution in [0.5, 0.6) is 0 Å². The first-order chi connectivity index (χ1) is 11.1. The van der Waals surface area contributed by atoms with Crippen LogP contribution in [0.4, 0.5) is 0 Å². The van der Waals surface area contributed by atoms with Gasteiger partial charge in [-0.15, -0.1) is 0 Å². The number of hydrogen-bond acceptors (Lipinski definition) is 4. The van der Waals surface area contributed by atoms with Crippen molar-refractivity contribution in [2.75, 3.05) is 0 Å². The summed E-state index contributed by atoms with van der Waals surface area (Å²) in [7, 11) is 0. The molecule has 4 rings (SSSR count). The fraction of sp³-hybridized carbons (Fsp3) is 0. The van der Waals surface area contributed by atoms with E-state index in [0.29, 0.717) is 25.4 Å². The Bertz CT molecular complexity index is 1210. The molecule has 4 aromatic rings. The zero-order chi connectivity index (χ0) is 16.0. The van der Waals surface area contributed by atoms with Crippen molar-refractivity contribution in [2.24, 2.45) is 0 Å². The summed E-state index contributed by atoms with van der Waals surface area (Å²) in [6.07, 6.45) is 1.76. The Hall–Kier alpha value is -2.50. The standard InChI is InChI=1S/C17H9ClN2O2S/c18-11-6-7-13-12(9-11)15(21)20-16(22)14(23-17(20)19-13)8-10-4-2-1-3-5-10/h1-9H/b14-8+. The Balaban J connectivity index is 2.11. The van der Waals surface area contributed by atoms with Crippen LogP contribution < -0.4 is 15.7 Å². The molecule has 23 heavy (non-hydrogen) atoms. The predicted octanol–water partition coefficient (Wildman–Crippen LogP) is 2.47. The van der Waals surface area contributed by atoms with E-state index in [1.165, 1.54) is 17.4 Å². The number of hydrogen-bond donors (Lipinski definition) is 0. The van der Waals surface area contributed by atoms with Gasteiger partial charge in [0, 0.05) is 5.02 Å². The van der Waals surface area contributed by atoms with Gasteiger partial charge in [-0.25, -0.2) is 9.38 Å². The molecule has 0 bridgehead atoms. The molecule has 0 radical (unpaired) electrons. The summed E-state index contributed by atoms with van der Waals surface area (Å²) in [6.45, 7) is 0. The van der Waals surface area contributed by atoms with Gasteiger partial charge in [0.25, 0.3) is 11.1 Å². The van der Waals surface area contributed by atoms with Crippen LogP contribution in [0.3, 0.4) is 0 Å². The second-order valence-corrected chi connectivity index (χ2v) is 6.47. The first-order valence-electron chi connectivity index (χ1n) is 6.85. The quantitative estimate of drug-likeness (QED) is 0.535. The van der Waals surface area contributed by atoms with Crippen LogP contribution in [0.25, 0.3) is 21.9 Å². The van der Waals surface area contributed by atoms with Crippen LogP contribution in [0.2, 0.25) is 5.02 Å². The van der Waals surface area contributed by atoms with Crippen LogP contribution in [0, 0.1) is 0 Å². The molecule has 0 unspecified atom stereocenters. The summed E-state index contributed by atoms with van der Waals surface area (Å²) >= 11 is 7.14. The van der Waals surface area contributed by atoms with Crippen molar-refractivity contribution >= 4 is 44.9 Å². The van der Waals surface area contributed by atoms with E-state index in [4.69, 9.17) is 11.6 Å². The molecule has 4 nitrogen and oxygen atoms in total. The topological polar surface area (TPSA) is 51.4 Å². The van der Waals surface area contributed by atoms with Gasteiger partial charge in [0.05, 0.1) is 15.4 Å². The first kappa shape index (κ1) is 14.1. The van der Waals surface area contributed by atoms with Gasteiger partial charge >= 0.3 is 0 Å². The van der Waals surface area contributed by atoms with Gasteiger partial charge in [0.2, 0.25) is 4.96 Å².